The van der Waals surface area contributed by atoms with Crippen LogP contribution in [0.3, 0.4) is 0 Å². The highest BCUT2D eigenvalue weighted by Crippen LogP contribution is 2.25. The molecule has 2 heterocycles. The molecule has 0 aliphatic carbocycles. The number of furan rings is 1. The topological polar surface area (TPSA) is 55.6 Å². The van der Waals surface area contributed by atoms with Crippen molar-refractivity contribution in [2.45, 2.75) is 13.5 Å². The van der Waals surface area contributed by atoms with Crippen molar-refractivity contribution in [1.82, 2.24) is 9.88 Å². The van der Waals surface area contributed by atoms with Crippen LogP contribution in [0.15, 0.2) is 52.5 Å². The number of hydrogen-bond acceptors (Lipinski definition) is 5. The van der Waals surface area contributed by atoms with Gasteiger partial charge in [-0.1, -0.05) is 12.1 Å². The fraction of sp³-hybridized carbons (Fsp3) is 0.222. The quantitative estimate of drug-likeness (QED) is 0.677. The van der Waals surface area contributed by atoms with E-state index in [4.69, 9.17) is 9.15 Å². The van der Waals surface area contributed by atoms with Crippen LogP contribution in [-0.2, 0) is 6.54 Å². The van der Waals surface area contributed by atoms with E-state index in [2.05, 4.69) is 4.98 Å². The maximum absolute atomic E-state index is 12.7. The van der Waals surface area contributed by atoms with Crippen molar-refractivity contribution in [2.24, 2.45) is 0 Å². The van der Waals surface area contributed by atoms with Crippen molar-refractivity contribution in [1.29, 1.82) is 0 Å². The molecule has 0 unspecified atom stereocenters. The molecule has 0 fully saturated rings. The van der Waals surface area contributed by atoms with E-state index < -0.39 is 0 Å². The normalized spacial score (nSPS) is 10.6. The van der Waals surface area contributed by atoms with Gasteiger partial charge in [-0.15, -0.1) is 11.3 Å². The van der Waals surface area contributed by atoms with E-state index >= 15 is 0 Å². The maximum Gasteiger partial charge on any atom is 0.273 e. The lowest BCUT2D eigenvalue weighted by molar-refractivity contribution is 0.0747. The monoisotopic (exact) mass is 342 g/mol. The van der Waals surface area contributed by atoms with Crippen LogP contribution in [-0.4, -0.2) is 29.4 Å². The summed E-state index contributed by atoms with van der Waals surface area (Å²) in [7, 11) is 1.63. The zero-order chi connectivity index (χ0) is 16.9. The third-order valence-corrected chi connectivity index (χ3v) is 4.51. The molecule has 0 saturated heterocycles. The van der Waals surface area contributed by atoms with Crippen LogP contribution in [0.5, 0.6) is 5.75 Å². The SMILES string of the molecule is CCN(Cc1ccc(OC)cc1)C(=O)c1csc(-c2ccco2)n1. The first-order chi connectivity index (χ1) is 11.7. The fourth-order valence-corrected chi connectivity index (χ4v) is 3.09. The summed E-state index contributed by atoms with van der Waals surface area (Å²) in [4.78, 5) is 18.9. The first-order valence-electron chi connectivity index (χ1n) is 7.63. The number of hydrogen-bond donors (Lipinski definition) is 0. The molecule has 0 atom stereocenters. The van der Waals surface area contributed by atoms with E-state index in [1.807, 2.05) is 37.3 Å². The van der Waals surface area contributed by atoms with Crippen LogP contribution in [0.1, 0.15) is 23.0 Å². The van der Waals surface area contributed by atoms with Crippen molar-refractivity contribution < 1.29 is 13.9 Å². The molecule has 0 aliphatic rings. The summed E-state index contributed by atoms with van der Waals surface area (Å²) >= 11 is 1.41. The molecule has 1 aromatic carbocycles. The largest absolute Gasteiger partial charge is 0.497 e. The average Bonchev–Trinajstić information content (AvgIpc) is 3.30. The van der Waals surface area contributed by atoms with Crippen LogP contribution in [0.2, 0.25) is 0 Å². The summed E-state index contributed by atoms with van der Waals surface area (Å²) in [5, 5.41) is 2.49. The van der Waals surface area contributed by atoms with Gasteiger partial charge in [-0.25, -0.2) is 4.98 Å². The molecule has 0 saturated carbocycles. The minimum atomic E-state index is -0.0811. The van der Waals surface area contributed by atoms with Crippen molar-refractivity contribution in [2.75, 3.05) is 13.7 Å². The zero-order valence-electron chi connectivity index (χ0n) is 13.6. The Labute approximate surface area is 144 Å². The maximum atomic E-state index is 12.7. The Balaban J connectivity index is 1.73. The summed E-state index contributed by atoms with van der Waals surface area (Å²) in [6.07, 6.45) is 1.60. The molecule has 6 heteroatoms. The highest BCUT2D eigenvalue weighted by atomic mass is 32.1. The van der Waals surface area contributed by atoms with Crippen LogP contribution in [0, 0.1) is 0 Å². The summed E-state index contributed by atoms with van der Waals surface area (Å²) in [6.45, 7) is 3.10. The Morgan fingerprint density at radius 3 is 2.71 bits per heavy atom. The molecule has 0 radical (unpaired) electrons. The Bertz CT molecular complexity index is 794. The lowest BCUT2D eigenvalue weighted by Gasteiger charge is -2.20. The first kappa shape index (κ1) is 16.3. The summed E-state index contributed by atoms with van der Waals surface area (Å²) < 4.78 is 10.5. The Morgan fingerprint density at radius 1 is 1.29 bits per heavy atom. The Kier molecular flexibility index (Phi) is 4.96. The number of methoxy groups -OCH3 is 1. The predicted octanol–water partition coefficient (Wildman–Crippen LogP) is 4.07. The van der Waals surface area contributed by atoms with Gasteiger partial charge in [0.15, 0.2) is 10.8 Å². The van der Waals surface area contributed by atoms with E-state index in [-0.39, 0.29) is 5.91 Å². The van der Waals surface area contributed by atoms with E-state index in [1.54, 1.807) is 29.7 Å². The standard InChI is InChI=1S/C18H18N2O3S/c1-3-20(11-13-6-8-14(22-2)9-7-13)18(21)15-12-24-17(19-15)16-5-4-10-23-16/h4-10,12H,3,11H2,1-2H3. The highest BCUT2D eigenvalue weighted by Gasteiger charge is 2.19. The van der Waals surface area contributed by atoms with E-state index in [0.717, 1.165) is 11.3 Å². The molecule has 5 nitrogen and oxygen atoms in total. The summed E-state index contributed by atoms with van der Waals surface area (Å²) in [5.41, 5.74) is 1.49. The molecule has 0 spiro atoms. The summed E-state index contributed by atoms with van der Waals surface area (Å²) in [6, 6.07) is 11.4. The lowest BCUT2D eigenvalue weighted by Crippen LogP contribution is -2.30. The van der Waals surface area contributed by atoms with E-state index in [9.17, 15) is 4.79 Å². The minimum Gasteiger partial charge on any atom is -0.497 e. The van der Waals surface area contributed by atoms with E-state index in [0.29, 0.717) is 29.6 Å². The second-order valence-electron chi connectivity index (χ2n) is 5.18. The van der Waals surface area contributed by atoms with Gasteiger partial charge < -0.3 is 14.1 Å². The Morgan fingerprint density at radius 2 is 2.08 bits per heavy atom. The number of carbonyl (C=O) groups excluding carboxylic acids is 1. The molecule has 2 aromatic heterocycles. The molecule has 0 N–H and O–H groups in total. The number of amides is 1. The van der Waals surface area contributed by atoms with Gasteiger partial charge in [0.05, 0.1) is 13.4 Å². The second kappa shape index (κ2) is 7.31. The molecule has 0 bridgehead atoms. The van der Waals surface area contributed by atoms with Crippen LogP contribution in [0.25, 0.3) is 10.8 Å². The van der Waals surface area contributed by atoms with Gasteiger partial charge >= 0.3 is 0 Å². The van der Waals surface area contributed by atoms with Gasteiger partial charge in [0.1, 0.15) is 11.4 Å². The molecular formula is C18H18N2O3S. The van der Waals surface area contributed by atoms with E-state index in [1.165, 1.54) is 11.3 Å². The first-order valence-corrected chi connectivity index (χ1v) is 8.51. The predicted molar refractivity (Wildman–Crippen MR) is 93.2 cm³/mol. The molecule has 0 aliphatic heterocycles. The number of ether oxygens (including phenoxy) is 1. The molecule has 1 amide bonds. The molecule has 3 aromatic rings. The zero-order valence-corrected chi connectivity index (χ0v) is 14.4. The molecular weight excluding hydrogens is 324 g/mol. The highest BCUT2D eigenvalue weighted by molar-refractivity contribution is 7.13. The number of rotatable bonds is 6. The van der Waals surface area contributed by atoms with Gasteiger partial charge in [0, 0.05) is 18.5 Å². The molecule has 124 valence electrons. The van der Waals surface area contributed by atoms with Crippen molar-refractivity contribution in [3.63, 3.8) is 0 Å². The van der Waals surface area contributed by atoms with Gasteiger partial charge in [0.25, 0.3) is 5.91 Å². The van der Waals surface area contributed by atoms with Crippen LogP contribution >= 0.6 is 11.3 Å². The van der Waals surface area contributed by atoms with Crippen molar-refractivity contribution in [3.8, 4) is 16.5 Å². The van der Waals surface area contributed by atoms with Gasteiger partial charge in [-0.05, 0) is 36.8 Å². The lowest BCUT2D eigenvalue weighted by atomic mass is 10.2. The number of carbonyl (C=O) groups is 1. The summed E-state index contributed by atoms with van der Waals surface area (Å²) in [5.74, 6) is 1.40. The van der Waals surface area contributed by atoms with Gasteiger partial charge in [-0.2, -0.15) is 0 Å². The van der Waals surface area contributed by atoms with Crippen molar-refractivity contribution in [3.05, 3.63) is 59.3 Å². The van der Waals surface area contributed by atoms with Crippen LogP contribution in [0.4, 0.5) is 0 Å². The molecule has 3 rings (SSSR count). The number of aromatic nitrogens is 1. The third-order valence-electron chi connectivity index (χ3n) is 3.66. The van der Waals surface area contributed by atoms with Gasteiger partial charge in [-0.3, -0.25) is 4.79 Å². The number of benzene rings is 1. The van der Waals surface area contributed by atoms with Crippen molar-refractivity contribution >= 4 is 17.2 Å². The average molecular weight is 342 g/mol. The van der Waals surface area contributed by atoms with Gasteiger partial charge in [0.2, 0.25) is 0 Å². The third kappa shape index (κ3) is 3.49. The minimum absolute atomic E-state index is 0.0811. The number of thiazole rings is 1. The Hall–Kier alpha value is -2.60. The van der Waals surface area contributed by atoms with Crippen LogP contribution < -0.4 is 4.74 Å². The number of nitrogens with zero attached hydrogens (tertiary/aromatic N) is 2. The smallest absolute Gasteiger partial charge is 0.273 e. The fourth-order valence-electron chi connectivity index (χ4n) is 2.33. The second-order valence-corrected chi connectivity index (χ2v) is 6.04. The molecule has 24 heavy (non-hydrogen) atoms.